The summed E-state index contributed by atoms with van der Waals surface area (Å²) in [6.45, 7) is 0.198. The van der Waals surface area contributed by atoms with Crippen LogP contribution in [-0.2, 0) is 17.9 Å². The lowest BCUT2D eigenvalue weighted by Crippen LogP contribution is -2.35. The summed E-state index contributed by atoms with van der Waals surface area (Å²) in [4.78, 5) is 27.6. The fourth-order valence-electron chi connectivity index (χ4n) is 2.82. The Morgan fingerprint density at radius 1 is 1.00 bits per heavy atom. The van der Waals surface area contributed by atoms with E-state index in [9.17, 15) is 9.59 Å². The Morgan fingerprint density at radius 3 is 2.39 bits per heavy atom. The lowest BCUT2D eigenvalue weighted by Gasteiger charge is -2.22. The minimum Gasteiger partial charge on any atom is -0.387 e. The van der Waals surface area contributed by atoms with Crippen LogP contribution < -0.4 is 10.7 Å². The van der Waals surface area contributed by atoms with Crippen LogP contribution in [0.25, 0.3) is 10.8 Å². The standard InChI is InChI=1S/C21H17N3O3S/c25-19(15-24-21(26)27-20(22-24)18-12-7-13-28-18)23(17-10-5-2-6-11-17)14-16-8-3-1-4-9-16/h1-13H,14-15H2. The van der Waals surface area contributed by atoms with E-state index in [0.717, 1.165) is 20.8 Å². The number of hydrogen-bond donors (Lipinski definition) is 0. The third-order valence-electron chi connectivity index (χ3n) is 4.18. The van der Waals surface area contributed by atoms with Gasteiger partial charge >= 0.3 is 5.76 Å². The molecule has 0 atom stereocenters. The summed E-state index contributed by atoms with van der Waals surface area (Å²) in [7, 11) is 0. The largest absolute Gasteiger partial charge is 0.437 e. The van der Waals surface area contributed by atoms with Crippen molar-refractivity contribution in [3.8, 4) is 10.8 Å². The molecule has 0 radical (unpaired) electrons. The molecule has 0 aliphatic rings. The molecule has 0 N–H and O–H groups in total. The van der Waals surface area contributed by atoms with E-state index in [1.54, 1.807) is 4.90 Å². The third-order valence-corrected chi connectivity index (χ3v) is 5.03. The van der Waals surface area contributed by atoms with Gasteiger partial charge in [-0.25, -0.2) is 4.79 Å². The molecule has 7 heteroatoms. The van der Waals surface area contributed by atoms with E-state index in [2.05, 4.69) is 5.10 Å². The van der Waals surface area contributed by atoms with Crippen LogP contribution in [0.2, 0.25) is 0 Å². The van der Waals surface area contributed by atoms with E-state index in [0.29, 0.717) is 6.54 Å². The normalized spacial score (nSPS) is 10.7. The molecular weight excluding hydrogens is 374 g/mol. The zero-order valence-corrected chi connectivity index (χ0v) is 15.7. The van der Waals surface area contributed by atoms with E-state index in [-0.39, 0.29) is 18.3 Å². The van der Waals surface area contributed by atoms with Gasteiger partial charge in [0.05, 0.1) is 11.4 Å². The van der Waals surface area contributed by atoms with Crippen LogP contribution in [0.5, 0.6) is 0 Å². The number of hydrogen-bond acceptors (Lipinski definition) is 5. The van der Waals surface area contributed by atoms with Crippen molar-refractivity contribution < 1.29 is 9.21 Å². The minimum absolute atomic E-state index is 0.199. The van der Waals surface area contributed by atoms with Gasteiger partial charge in [0.2, 0.25) is 5.91 Å². The first kappa shape index (κ1) is 17.9. The van der Waals surface area contributed by atoms with E-state index >= 15 is 0 Å². The van der Waals surface area contributed by atoms with Gasteiger partial charge in [0.25, 0.3) is 5.89 Å². The van der Waals surface area contributed by atoms with Gasteiger partial charge in [-0.1, -0.05) is 54.6 Å². The Morgan fingerprint density at radius 2 is 1.71 bits per heavy atom. The quantitative estimate of drug-likeness (QED) is 0.501. The third kappa shape index (κ3) is 3.94. The SMILES string of the molecule is O=C(Cn1nc(-c2cccs2)oc1=O)N(Cc1ccccc1)c1ccccc1. The van der Waals surface area contributed by atoms with Crippen LogP contribution in [0.15, 0.2) is 87.4 Å². The van der Waals surface area contributed by atoms with Crippen LogP contribution >= 0.6 is 11.3 Å². The zero-order valence-electron chi connectivity index (χ0n) is 14.9. The molecule has 0 saturated carbocycles. The summed E-state index contributed by atoms with van der Waals surface area (Å²) in [5, 5.41) is 6.05. The fraction of sp³-hybridized carbons (Fsp3) is 0.0952. The number of carbonyl (C=O) groups is 1. The summed E-state index contributed by atoms with van der Waals surface area (Å²) in [6.07, 6.45) is 0. The van der Waals surface area contributed by atoms with Crippen LogP contribution in [0, 0.1) is 0 Å². The maximum atomic E-state index is 13.1. The number of benzene rings is 2. The van der Waals surface area contributed by atoms with E-state index in [1.165, 1.54) is 11.3 Å². The summed E-state index contributed by atoms with van der Waals surface area (Å²) >= 11 is 1.42. The van der Waals surface area contributed by atoms with Crippen molar-refractivity contribution in [3.63, 3.8) is 0 Å². The Kier molecular flexibility index (Phi) is 5.16. The second kappa shape index (κ2) is 8.06. The van der Waals surface area contributed by atoms with Crippen molar-refractivity contribution in [1.29, 1.82) is 0 Å². The number of para-hydroxylation sites is 1. The highest BCUT2D eigenvalue weighted by Crippen LogP contribution is 2.21. The number of nitrogens with zero attached hydrogens (tertiary/aromatic N) is 3. The van der Waals surface area contributed by atoms with Gasteiger partial charge in [-0.3, -0.25) is 4.79 Å². The Balaban J connectivity index is 1.60. The second-order valence-corrected chi connectivity index (χ2v) is 7.06. The highest BCUT2D eigenvalue weighted by Gasteiger charge is 2.20. The van der Waals surface area contributed by atoms with Crippen molar-refractivity contribution in [1.82, 2.24) is 9.78 Å². The molecule has 0 spiro atoms. The van der Waals surface area contributed by atoms with E-state index < -0.39 is 5.76 Å². The van der Waals surface area contributed by atoms with Crippen molar-refractivity contribution in [2.45, 2.75) is 13.1 Å². The molecule has 0 saturated heterocycles. The van der Waals surface area contributed by atoms with E-state index in [4.69, 9.17) is 4.42 Å². The van der Waals surface area contributed by atoms with Gasteiger partial charge in [0.1, 0.15) is 6.54 Å². The molecule has 4 rings (SSSR count). The predicted octanol–water partition coefficient (Wildman–Crippen LogP) is 3.80. The second-order valence-electron chi connectivity index (χ2n) is 6.11. The van der Waals surface area contributed by atoms with Crippen molar-refractivity contribution in [2.75, 3.05) is 4.90 Å². The average molecular weight is 391 g/mol. The van der Waals surface area contributed by atoms with Crippen LogP contribution in [0.1, 0.15) is 5.56 Å². The fourth-order valence-corrected chi connectivity index (χ4v) is 3.46. The van der Waals surface area contributed by atoms with Crippen molar-refractivity contribution >= 4 is 22.9 Å². The van der Waals surface area contributed by atoms with Gasteiger partial charge in [0.15, 0.2) is 0 Å². The summed E-state index contributed by atoms with van der Waals surface area (Å²) in [5.41, 5.74) is 1.75. The van der Waals surface area contributed by atoms with Gasteiger partial charge in [-0.2, -0.15) is 4.68 Å². The highest BCUT2D eigenvalue weighted by molar-refractivity contribution is 7.13. The number of anilines is 1. The molecule has 0 bridgehead atoms. The van der Waals surface area contributed by atoms with Gasteiger partial charge < -0.3 is 9.32 Å². The average Bonchev–Trinajstić information content (AvgIpc) is 3.38. The molecule has 28 heavy (non-hydrogen) atoms. The van der Waals surface area contributed by atoms with Gasteiger partial charge in [0, 0.05) is 5.69 Å². The lowest BCUT2D eigenvalue weighted by atomic mass is 10.2. The first-order valence-electron chi connectivity index (χ1n) is 8.72. The zero-order chi connectivity index (χ0) is 19.3. The molecule has 0 aliphatic heterocycles. The van der Waals surface area contributed by atoms with Crippen LogP contribution in [0.4, 0.5) is 5.69 Å². The summed E-state index contributed by atoms with van der Waals surface area (Å²) in [6, 6.07) is 22.7. The van der Waals surface area contributed by atoms with E-state index in [1.807, 2.05) is 78.2 Å². The minimum atomic E-state index is -0.649. The number of thiophene rings is 1. The Bertz CT molecular complexity index is 1100. The highest BCUT2D eigenvalue weighted by atomic mass is 32.1. The van der Waals surface area contributed by atoms with Crippen molar-refractivity contribution in [3.05, 3.63) is 94.3 Å². The molecule has 6 nitrogen and oxygen atoms in total. The molecule has 0 unspecified atom stereocenters. The maximum Gasteiger partial charge on any atom is 0.437 e. The molecule has 2 aromatic carbocycles. The lowest BCUT2D eigenvalue weighted by molar-refractivity contribution is -0.119. The topological polar surface area (TPSA) is 68.3 Å². The maximum absolute atomic E-state index is 13.1. The molecule has 1 amide bonds. The molecule has 140 valence electrons. The van der Waals surface area contributed by atoms with Gasteiger partial charge in [-0.15, -0.1) is 16.4 Å². The summed E-state index contributed by atoms with van der Waals surface area (Å²) < 4.78 is 6.27. The number of carbonyl (C=O) groups excluding carboxylic acids is 1. The Labute approximate surface area is 165 Å². The van der Waals surface area contributed by atoms with Gasteiger partial charge in [-0.05, 0) is 29.1 Å². The molecule has 4 aromatic rings. The monoisotopic (exact) mass is 391 g/mol. The number of aromatic nitrogens is 2. The molecule has 2 aromatic heterocycles. The number of amides is 1. The van der Waals surface area contributed by atoms with Crippen LogP contribution in [0.3, 0.4) is 0 Å². The molecule has 0 aliphatic carbocycles. The molecule has 0 fully saturated rings. The number of rotatable bonds is 6. The first-order valence-corrected chi connectivity index (χ1v) is 9.60. The molecule has 2 heterocycles. The smallest absolute Gasteiger partial charge is 0.387 e. The Hall–Kier alpha value is -3.45. The predicted molar refractivity (Wildman–Crippen MR) is 108 cm³/mol. The molecular formula is C21H17N3O3S. The summed E-state index contributed by atoms with van der Waals surface area (Å²) in [5.74, 6) is -0.672. The van der Waals surface area contributed by atoms with Crippen molar-refractivity contribution in [2.24, 2.45) is 0 Å². The van der Waals surface area contributed by atoms with Crippen LogP contribution in [-0.4, -0.2) is 15.7 Å². The first-order chi connectivity index (χ1) is 13.7.